The maximum Gasteiger partial charge on any atom is 0.107 e. The van der Waals surface area contributed by atoms with Gasteiger partial charge in [0.15, 0.2) is 0 Å². The molecule has 0 radical (unpaired) electrons. The molecule has 0 saturated heterocycles. The normalized spacial score (nSPS) is 13.0. The molecule has 0 aliphatic carbocycles. The SMILES string of the molecule is Cc1ccsc1C(CN)n1c(C)nc2ccccc21. The molecule has 1 atom stereocenters. The lowest BCUT2D eigenvalue weighted by molar-refractivity contribution is 0.601. The van der Waals surface area contributed by atoms with E-state index in [-0.39, 0.29) is 6.04 Å². The van der Waals surface area contributed by atoms with Crippen molar-refractivity contribution in [3.63, 3.8) is 0 Å². The fourth-order valence-corrected chi connectivity index (χ4v) is 3.65. The number of rotatable bonds is 3. The molecular formula is C15H17N3S. The van der Waals surface area contributed by atoms with Crippen LogP contribution < -0.4 is 5.73 Å². The average molecular weight is 271 g/mol. The molecule has 0 bridgehead atoms. The Balaban J connectivity index is 2.22. The number of aromatic nitrogens is 2. The Morgan fingerprint density at radius 1 is 1.26 bits per heavy atom. The van der Waals surface area contributed by atoms with Crippen molar-refractivity contribution >= 4 is 22.4 Å². The zero-order valence-electron chi connectivity index (χ0n) is 11.1. The highest BCUT2D eigenvalue weighted by atomic mass is 32.1. The van der Waals surface area contributed by atoms with Crippen LogP contribution in [0.4, 0.5) is 0 Å². The van der Waals surface area contributed by atoms with E-state index in [1.54, 1.807) is 11.3 Å². The van der Waals surface area contributed by atoms with E-state index in [0.717, 1.165) is 16.9 Å². The molecule has 2 aromatic heterocycles. The largest absolute Gasteiger partial charge is 0.328 e. The van der Waals surface area contributed by atoms with Crippen molar-refractivity contribution in [1.29, 1.82) is 0 Å². The third-order valence-corrected chi connectivity index (χ3v) is 4.63. The molecule has 4 heteroatoms. The van der Waals surface area contributed by atoms with Gasteiger partial charge in [0.2, 0.25) is 0 Å². The number of hydrogen-bond acceptors (Lipinski definition) is 3. The van der Waals surface area contributed by atoms with Gasteiger partial charge in [-0.25, -0.2) is 4.98 Å². The zero-order valence-corrected chi connectivity index (χ0v) is 11.9. The van der Waals surface area contributed by atoms with Gasteiger partial charge in [-0.1, -0.05) is 12.1 Å². The topological polar surface area (TPSA) is 43.8 Å². The van der Waals surface area contributed by atoms with E-state index in [1.807, 2.05) is 19.1 Å². The smallest absolute Gasteiger partial charge is 0.107 e. The number of fused-ring (bicyclic) bond motifs is 1. The minimum Gasteiger partial charge on any atom is -0.328 e. The van der Waals surface area contributed by atoms with Crippen molar-refractivity contribution in [2.45, 2.75) is 19.9 Å². The summed E-state index contributed by atoms with van der Waals surface area (Å²) in [4.78, 5) is 5.96. The van der Waals surface area contributed by atoms with Gasteiger partial charge in [0.1, 0.15) is 5.82 Å². The minimum atomic E-state index is 0.174. The molecule has 1 unspecified atom stereocenters. The number of benzene rings is 1. The van der Waals surface area contributed by atoms with Crippen molar-refractivity contribution in [2.75, 3.05) is 6.54 Å². The summed E-state index contributed by atoms with van der Waals surface area (Å²) in [7, 11) is 0. The lowest BCUT2D eigenvalue weighted by Crippen LogP contribution is -2.21. The maximum atomic E-state index is 6.04. The number of thiophene rings is 1. The third kappa shape index (κ3) is 1.97. The highest BCUT2D eigenvalue weighted by Crippen LogP contribution is 2.30. The van der Waals surface area contributed by atoms with Crippen LogP contribution in [0.2, 0.25) is 0 Å². The van der Waals surface area contributed by atoms with Gasteiger partial charge in [0.25, 0.3) is 0 Å². The second kappa shape index (κ2) is 4.79. The molecule has 98 valence electrons. The van der Waals surface area contributed by atoms with Crippen LogP contribution >= 0.6 is 11.3 Å². The van der Waals surface area contributed by atoms with Crippen molar-refractivity contribution in [1.82, 2.24) is 9.55 Å². The minimum absolute atomic E-state index is 0.174. The summed E-state index contributed by atoms with van der Waals surface area (Å²) < 4.78 is 2.26. The standard InChI is InChI=1S/C15H17N3S/c1-10-7-8-19-15(10)14(9-16)18-11(2)17-12-5-3-4-6-13(12)18/h3-8,14H,9,16H2,1-2H3. The first-order valence-corrected chi connectivity index (χ1v) is 7.28. The number of nitrogens with zero attached hydrogens (tertiary/aromatic N) is 2. The van der Waals surface area contributed by atoms with Crippen molar-refractivity contribution < 1.29 is 0 Å². The predicted molar refractivity (Wildman–Crippen MR) is 80.7 cm³/mol. The van der Waals surface area contributed by atoms with Gasteiger partial charge in [-0.2, -0.15) is 0 Å². The van der Waals surface area contributed by atoms with Crippen LogP contribution in [-0.4, -0.2) is 16.1 Å². The average Bonchev–Trinajstić information content (AvgIpc) is 2.96. The first-order valence-electron chi connectivity index (χ1n) is 6.40. The highest BCUT2D eigenvalue weighted by Gasteiger charge is 2.20. The third-order valence-electron chi connectivity index (χ3n) is 3.51. The molecule has 0 aliphatic heterocycles. The first-order chi connectivity index (χ1) is 9.22. The number of imidazole rings is 1. The van der Waals surface area contributed by atoms with Crippen LogP contribution in [0.15, 0.2) is 35.7 Å². The van der Waals surface area contributed by atoms with Gasteiger partial charge in [0.05, 0.1) is 17.1 Å². The van der Waals surface area contributed by atoms with Crippen LogP contribution in [0.3, 0.4) is 0 Å². The Kier molecular flexibility index (Phi) is 3.12. The summed E-state index contributed by atoms with van der Waals surface area (Å²) >= 11 is 1.77. The Morgan fingerprint density at radius 3 is 2.74 bits per heavy atom. The van der Waals surface area contributed by atoms with E-state index >= 15 is 0 Å². The van der Waals surface area contributed by atoms with Gasteiger partial charge in [0, 0.05) is 11.4 Å². The van der Waals surface area contributed by atoms with Crippen LogP contribution in [0, 0.1) is 13.8 Å². The summed E-state index contributed by atoms with van der Waals surface area (Å²) in [6.07, 6.45) is 0. The lowest BCUT2D eigenvalue weighted by Gasteiger charge is -2.19. The van der Waals surface area contributed by atoms with E-state index in [2.05, 4.69) is 40.1 Å². The Labute approximate surface area is 116 Å². The summed E-state index contributed by atoms with van der Waals surface area (Å²) in [5.74, 6) is 1.02. The molecule has 1 aromatic carbocycles. The summed E-state index contributed by atoms with van der Waals surface area (Å²) in [6.45, 7) is 4.77. The molecule has 0 saturated carbocycles. The number of para-hydroxylation sites is 2. The monoisotopic (exact) mass is 271 g/mol. The van der Waals surface area contributed by atoms with Gasteiger partial charge < -0.3 is 10.3 Å². The molecule has 3 aromatic rings. The van der Waals surface area contributed by atoms with Crippen molar-refractivity contribution in [2.24, 2.45) is 5.73 Å². The van der Waals surface area contributed by atoms with Gasteiger partial charge in [-0.15, -0.1) is 11.3 Å². The molecular weight excluding hydrogens is 254 g/mol. The van der Waals surface area contributed by atoms with E-state index in [0.29, 0.717) is 6.54 Å². The predicted octanol–water partition coefficient (Wildman–Crippen LogP) is 3.26. The Hall–Kier alpha value is -1.65. The van der Waals surface area contributed by atoms with Crippen molar-refractivity contribution in [3.8, 4) is 0 Å². The maximum absolute atomic E-state index is 6.04. The quantitative estimate of drug-likeness (QED) is 0.794. The molecule has 0 amide bonds. The van der Waals surface area contributed by atoms with E-state index in [1.165, 1.54) is 10.4 Å². The van der Waals surface area contributed by atoms with Crippen LogP contribution in [0.5, 0.6) is 0 Å². The molecule has 2 heterocycles. The molecule has 2 N–H and O–H groups in total. The highest BCUT2D eigenvalue weighted by molar-refractivity contribution is 7.10. The number of nitrogens with two attached hydrogens (primary N) is 1. The van der Waals surface area contributed by atoms with E-state index < -0.39 is 0 Å². The number of hydrogen-bond donors (Lipinski definition) is 1. The fourth-order valence-electron chi connectivity index (χ4n) is 2.61. The lowest BCUT2D eigenvalue weighted by atomic mass is 10.1. The molecule has 3 rings (SSSR count). The fraction of sp³-hybridized carbons (Fsp3) is 0.267. The Morgan fingerprint density at radius 2 is 2.05 bits per heavy atom. The van der Waals surface area contributed by atoms with E-state index in [9.17, 15) is 0 Å². The van der Waals surface area contributed by atoms with Crippen LogP contribution in [0.25, 0.3) is 11.0 Å². The molecule has 0 spiro atoms. The molecule has 19 heavy (non-hydrogen) atoms. The van der Waals surface area contributed by atoms with Gasteiger partial charge in [-0.05, 0) is 43.0 Å². The second-order valence-corrected chi connectivity index (χ2v) is 5.68. The second-order valence-electron chi connectivity index (χ2n) is 4.74. The Bertz CT molecular complexity index is 711. The van der Waals surface area contributed by atoms with Gasteiger partial charge in [-0.3, -0.25) is 0 Å². The summed E-state index contributed by atoms with van der Waals surface area (Å²) in [5, 5.41) is 2.13. The number of aryl methyl sites for hydroxylation is 2. The summed E-state index contributed by atoms with van der Waals surface area (Å²) in [5.41, 5.74) is 9.54. The molecule has 3 nitrogen and oxygen atoms in total. The summed E-state index contributed by atoms with van der Waals surface area (Å²) in [6, 6.07) is 10.6. The van der Waals surface area contributed by atoms with Crippen LogP contribution in [-0.2, 0) is 0 Å². The van der Waals surface area contributed by atoms with Crippen molar-refractivity contribution in [3.05, 3.63) is 52.0 Å². The van der Waals surface area contributed by atoms with Crippen LogP contribution in [0.1, 0.15) is 22.3 Å². The van der Waals surface area contributed by atoms with Gasteiger partial charge >= 0.3 is 0 Å². The van der Waals surface area contributed by atoms with E-state index in [4.69, 9.17) is 5.73 Å². The molecule has 0 aliphatic rings. The zero-order chi connectivity index (χ0) is 13.4. The first kappa shape index (κ1) is 12.4. The molecule has 0 fully saturated rings.